The fraction of sp³-hybridized carbons (Fsp3) is 0.536. The molecule has 1 aromatic carbocycles. The largest absolute Gasteiger partial charge is 0.489 e. The number of halogens is 1. The topological polar surface area (TPSA) is 135 Å². The zero-order valence-electron chi connectivity index (χ0n) is 23.9. The van der Waals surface area contributed by atoms with E-state index in [1.165, 1.54) is 30.6 Å². The number of sulfone groups is 1. The van der Waals surface area contributed by atoms with Crippen molar-refractivity contribution in [1.29, 1.82) is 0 Å². The lowest BCUT2D eigenvalue weighted by Crippen LogP contribution is -2.33. The van der Waals surface area contributed by atoms with Gasteiger partial charge in [0.05, 0.1) is 28.9 Å². The van der Waals surface area contributed by atoms with Crippen molar-refractivity contribution in [3.05, 3.63) is 45.2 Å². The highest BCUT2D eigenvalue weighted by molar-refractivity contribution is 7.95. The van der Waals surface area contributed by atoms with Crippen LogP contribution in [0.3, 0.4) is 0 Å². The molecule has 1 saturated carbocycles. The molecule has 0 amide bonds. The number of aromatic nitrogens is 2. The number of hydrogen-bond donors (Lipinski definition) is 3. The van der Waals surface area contributed by atoms with E-state index in [2.05, 4.69) is 56.6 Å². The summed E-state index contributed by atoms with van der Waals surface area (Å²) in [5.74, 6) is 1.67. The van der Waals surface area contributed by atoms with Crippen LogP contribution in [0.4, 0.5) is 17.5 Å². The summed E-state index contributed by atoms with van der Waals surface area (Å²) in [4.78, 5) is 15.2. The molecule has 0 bridgehead atoms. The minimum Gasteiger partial charge on any atom is -0.489 e. The second-order valence-corrected chi connectivity index (χ2v) is 13.5. The summed E-state index contributed by atoms with van der Waals surface area (Å²) >= 11 is 6.41. The first kappa shape index (κ1) is 30.1. The number of allylic oxidation sites excluding steroid dienone is 1. The van der Waals surface area contributed by atoms with Gasteiger partial charge in [-0.05, 0) is 95.8 Å². The number of nitrogens with one attached hydrogen (secondary N) is 2. The minimum absolute atomic E-state index is 0.0291. The summed E-state index contributed by atoms with van der Waals surface area (Å²) in [7, 11) is 0.0243. The zero-order chi connectivity index (χ0) is 29.0. The van der Waals surface area contributed by atoms with Crippen molar-refractivity contribution >= 4 is 45.1 Å². The van der Waals surface area contributed by atoms with Gasteiger partial charge in [-0.1, -0.05) is 18.0 Å². The summed E-state index contributed by atoms with van der Waals surface area (Å²) < 4.78 is 32.1. The molecule has 2 aromatic rings. The van der Waals surface area contributed by atoms with E-state index in [-0.39, 0.29) is 33.6 Å². The number of aliphatic imine (C=N–C) groups is 1. The number of nitrogens with zero attached hydrogens (tertiary/aromatic N) is 4. The van der Waals surface area contributed by atoms with Gasteiger partial charge in [-0.25, -0.2) is 13.4 Å². The maximum Gasteiger partial charge on any atom is 0.229 e. The molecule has 1 saturated heterocycles. The van der Waals surface area contributed by atoms with Gasteiger partial charge in [-0.3, -0.25) is 4.99 Å². The van der Waals surface area contributed by atoms with Gasteiger partial charge in [0.15, 0.2) is 20.7 Å². The Morgan fingerprint density at radius 1 is 1.25 bits per heavy atom. The number of anilines is 3. The van der Waals surface area contributed by atoms with Crippen molar-refractivity contribution in [3.63, 3.8) is 0 Å². The normalized spacial score (nSPS) is 18.1. The van der Waals surface area contributed by atoms with Crippen LogP contribution in [-0.2, 0) is 9.84 Å². The van der Waals surface area contributed by atoms with Crippen molar-refractivity contribution in [1.82, 2.24) is 14.9 Å². The average molecular weight is 590 g/mol. The molecule has 0 unspecified atom stereocenters. The van der Waals surface area contributed by atoms with Crippen LogP contribution in [0.15, 0.2) is 34.0 Å². The van der Waals surface area contributed by atoms with Crippen LogP contribution >= 0.6 is 11.6 Å². The fourth-order valence-electron chi connectivity index (χ4n) is 4.98. The first-order valence-electron chi connectivity index (χ1n) is 13.7. The molecule has 218 valence electrons. The number of aryl methyl sites for hydroxylation is 1. The Morgan fingerprint density at radius 3 is 2.55 bits per heavy atom. The summed E-state index contributed by atoms with van der Waals surface area (Å²) in [5.41, 5.74) is 9.44. The van der Waals surface area contributed by atoms with E-state index in [9.17, 15) is 8.42 Å². The molecule has 0 spiro atoms. The summed E-state index contributed by atoms with van der Waals surface area (Å²) in [5, 5.41) is 5.68. The quantitative estimate of drug-likeness (QED) is 0.328. The van der Waals surface area contributed by atoms with Crippen LogP contribution < -0.4 is 21.1 Å². The molecule has 10 nitrogen and oxygen atoms in total. The van der Waals surface area contributed by atoms with Crippen LogP contribution in [-0.4, -0.2) is 68.0 Å². The predicted octanol–water partition coefficient (Wildman–Crippen LogP) is 4.99. The first-order chi connectivity index (χ1) is 19.0. The van der Waals surface area contributed by atoms with Crippen LogP contribution in [0.25, 0.3) is 0 Å². The molecule has 4 N–H and O–H groups in total. The van der Waals surface area contributed by atoms with E-state index >= 15 is 0 Å². The highest BCUT2D eigenvalue weighted by Crippen LogP contribution is 2.38. The molecular weight excluding hydrogens is 550 g/mol. The summed E-state index contributed by atoms with van der Waals surface area (Å²) in [6, 6.07) is 4.20. The Bertz CT molecular complexity index is 1380. The van der Waals surface area contributed by atoms with Crippen molar-refractivity contribution in [3.8, 4) is 5.75 Å². The third-order valence-corrected chi connectivity index (χ3v) is 9.91. The smallest absolute Gasteiger partial charge is 0.229 e. The minimum atomic E-state index is -3.67. The number of likely N-dealkylation sites (tertiary alicyclic amines) is 1. The Morgan fingerprint density at radius 2 is 1.95 bits per heavy atom. The van der Waals surface area contributed by atoms with Gasteiger partial charge in [0.2, 0.25) is 5.95 Å². The Kier molecular flexibility index (Phi) is 9.58. The zero-order valence-corrected chi connectivity index (χ0v) is 25.4. The van der Waals surface area contributed by atoms with E-state index < -0.39 is 15.1 Å². The third-order valence-electron chi connectivity index (χ3n) is 7.45. The molecule has 40 heavy (non-hydrogen) atoms. The predicted molar refractivity (Wildman–Crippen MR) is 163 cm³/mol. The van der Waals surface area contributed by atoms with E-state index in [4.69, 9.17) is 22.1 Å². The lowest BCUT2D eigenvalue weighted by molar-refractivity contribution is 0.241. The summed E-state index contributed by atoms with van der Waals surface area (Å²) in [6.07, 6.45) is 7.05. The Hall–Kier alpha value is -2.89. The van der Waals surface area contributed by atoms with Crippen LogP contribution in [0.1, 0.15) is 63.0 Å². The number of ether oxygens (including phenoxy) is 1. The second kappa shape index (κ2) is 12.7. The number of rotatable bonds is 10. The van der Waals surface area contributed by atoms with E-state index in [1.807, 2.05) is 13.8 Å². The Labute approximate surface area is 242 Å². The SMILES string of the molecule is CN=CC(Nc1nc(Nc2cc(C)c(C3CCN(C)CC3)cc2OC(C)C)ncc1Cl)=C(N)S(=O)(=O)C1CCC1. The fourth-order valence-corrected chi connectivity index (χ4v) is 6.84. The highest BCUT2D eigenvalue weighted by atomic mass is 35.5. The maximum absolute atomic E-state index is 12.9. The molecule has 12 heteroatoms. The van der Waals surface area contributed by atoms with E-state index in [0.29, 0.717) is 18.8 Å². The van der Waals surface area contributed by atoms with Gasteiger partial charge in [0, 0.05) is 13.3 Å². The van der Waals surface area contributed by atoms with Crippen LogP contribution in [0, 0.1) is 6.92 Å². The van der Waals surface area contributed by atoms with E-state index in [1.54, 1.807) is 0 Å². The van der Waals surface area contributed by atoms with Gasteiger partial charge < -0.3 is 26.0 Å². The second-order valence-electron chi connectivity index (χ2n) is 10.9. The lowest BCUT2D eigenvalue weighted by atomic mass is 9.86. The van der Waals surface area contributed by atoms with Crippen molar-refractivity contribution < 1.29 is 13.2 Å². The number of hydrogen-bond acceptors (Lipinski definition) is 10. The van der Waals surface area contributed by atoms with Gasteiger partial charge in [-0.15, -0.1) is 0 Å². The molecule has 0 atom stereocenters. The van der Waals surface area contributed by atoms with E-state index in [0.717, 1.165) is 43.8 Å². The average Bonchev–Trinajstić information content (AvgIpc) is 2.86. The molecular formula is C28H40ClN7O3S. The van der Waals surface area contributed by atoms with Gasteiger partial charge in [0.25, 0.3) is 0 Å². The number of piperidine rings is 1. The molecule has 1 aliphatic heterocycles. The first-order valence-corrected chi connectivity index (χ1v) is 15.6. The maximum atomic E-state index is 12.9. The lowest BCUT2D eigenvalue weighted by Gasteiger charge is -2.30. The van der Waals surface area contributed by atoms with Crippen molar-refractivity contribution in [2.45, 2.75) is 70.1 Å². The molecule has 1 aromatic heterocycles. The molecule has 2 heterocycles. The standard InChI is InChI=1S/C28H40ClN7O3S/c1-17(2)39-25-14-21(19-9-11-36(5)12-10-19)18(3)13-23(25)34-28-32-15-22(29)27(35-28)33-24(16-31-4)26(30)40(37,38)20-7-6-8-20/h13-17,19-20H,6-12,30H2,1-5H3,(H2,32,33,34,35). The molecule has 4 rings (SSSR count). The van der Waals surface area contributed by atoms with Gasteiger partial charge >= 0.3 is 0 Å². The number of nitrogens with two attached hydrogens (primary N) is 1. The molecule has 2 fully saturated rings. The highest BCUT2D eigenvalue weighted by Gasteiger charge is 2.34. The summed E-state index contributed by atoms with van der Waals surface area (Å²) in [6.45, 7) is 8.24. The monoisotopic (exact) mass is 589 g/mol. The van der Waals surface area contributed by atoms with Gasteiger partial charge in [0.1, 0.15) is 10.8 Å². The molecule has 2 aliphatic rings. The van der Waals surface area contributed by atoms with Crippen LogP contribution in [0.2, 0.25) is 5.02 Å². The van der Waals surface area contributed by atoms with Crippen molar-refractivity contribution in [2.75, 3.05) is 37.8 Å². The third kappa shape index (κ3) is 6.87. The molecule has 0 radical (unpaired) electrons. The van der Waals surface area contributed by atoms with Gasteiger partial charge in [-0.2, -0.15) is 4.98 Å². The Balaban J connectivity index is 1.64. The van der Waals surface area contributed by atoms with Crippen molar-refractivity contribution in [2.24, 2.45) is 10.7 Å². The van der Waals surface area contributed by atoms with Crippen LogP contribution in [0.5, 0.6) is 5.75 Å². The molecule has 1 aliphatic carbocycles. The number of benzene rings is 1.